The van der Waals surface area contributed by atoms with Gasteiger partial charge >= 0.3 is 0 Å². The highest BCUT2D eigenvalue weighted by atomic mass is 35.7. The zero-order valence-corrected chi connectivity index (χ0v) is 10.7. The van der Waals surface area contributed by atoms with E-state index in [9.17, 15) is 13.2 Å². The molecule has 0 bridgehead atoms. The number of carbonyl (C=O) groups excluding carboxylic acids is 1. The Morgan fingerprint density at radius 1 is 1.69 bits per heavy atom. The molecule has 0 unspecified atom stereocenters. The number of hydrogen-bond donors (Lipinski definition) is 1. The highest BCUT2D eigenvalue weighted by Crippen LogP contribution is 2.25. The average Bonchev–Trinajstić information content (AvgIpc) is 2.62. The summed E-state index contributed by atoms with van der Waals surface area (Å²) in [5, 5.41) is 2.56. The van der Waals surface area contributed by atoms with Gasteiger partial charge in [-0.1, -0.05) is 11.3 Å². The van der Waals surface area contributed by atoms with Gasteiger partial charge in [0.2, 0.25) is 0 Å². The van der Waals surface area contributed by atoms with E-state index in [2.05, 4.69) is 10.3 Å². The lowest BCUT2D eigenvalue weighted by Gasteiger charge is -2.00. The molecule has 0 saturated heterocycles. The van der Waals surface area contributed by atoms with Gasteiger partial charge in [0, 0.05) is 17.3 Å². The van der Waals surface area contributed by atoms with Crippen LogP contribution >= 0.6 is 22.0 Å². The third kappa shape index (κ3) is 4.05. The Bertz CT molecular complexity index is 470. The Morgan fingerprint density at radius 3 is 2.88 bits per heavy atom. The van der Waals surface area contributed by atoms with Crippen LogP contribution in [-0.4, -0.2) is 32.5 Å². The molecule has 1 amide bonds. The lowest BCUT2D eigenvalue weighted by Crippen LogP contribution is -2.17. The Labute approximate surface area is 101 Å². The molecule has 0 aliphatic carbocycles. The topological polar surface area (TPSA) is 85.4 Å². The van der Waals surface area contributed by atoms with Gasteiger partial charge in [-0.2, -0.15) is 0 Å². The first-order chi connectivity index (χ1) is 7.43. The molecule has 1 heterocycles. The Hall–Kier alpha value is -0.700. The van der Waals surface area contributed by atoms with Gasteiger partial charge in [0.15, 0.2) is 9.34 Å². The summed E-state index contributed by atoms with van der Waals surface area (Å²) in [4.78, 5) is 14.9. The molecule has 0 radical (unpaired) electrons. The normalized spacial score (nSPS) is 11.4. The number of rotatable bonds is 5. The molecular weight excluding hydrogens is 276 g/mol. The van der Waals surface area contributed by atoms with Crippen LogP contribution in [0.3, 0.4) is 0 Å². The summed E-state index contributed by atoms with van der Waals surface area (Å²) in [5.74, 6) is -0.394. The number of carbonyl (C=O) groups is 1. The molecule has 0 aromatic carbocycles. The molecule has 0 fully saturated rings. The number of nitrogens with zero attached hydrogens (tertiary/aromatic N) is 1. The first-order valence-corrected chi connectivity index (χ1v) is 7.34. The first-order valence-electron chi connectivity index (χ1n) is 4.21. The maximum Gasteiger partial charge on any atom is 0.272 e. The molecule has 16 heavy (non-hydrogen) atoms. The van der Waals surface area contributed by atoms with E-state index in [4.69, 9.17) is 15.4 Å². The van der Waals surface area contributed by atoms with Crippen LogP contribution in [0.1, 0.15) is 6.92 Å². The van der Waals surface area contributed by atoms with Crippen molar-refractivity contribution in [3.8, 4) is 0 Å². The van der Waals surface area contributed by atoms with E-state index in [1.54, 1.807) is 6.92 Å². The first kappa shape index (κ1) is 13.4. The van der Waals surface area contributed by atoms with Crippen molar-refractivity contribution in [2.24, 2.45) is 0 Å². The summed E-state index contributed by atoms with van der Waals surface area (Å²) in [6.45, 7) is 2.08. The fraction of sp³-hybridized carbons (Fsp3) is 0.429. The van der Waals surface area contributed by atoms with E-state index in [1.807, 2.05) is 0 Å². The van der Waals surface area contributed by atoms with Crippen LogP contribution in [0.5, 0.6) is 0 Å². The van der Waals surface area contributed by atoms with Crippen molar-refractivity contribution >= 4 is 42.1 Å². The van der Waals surface area contributed by atoms with Gasteiger partial charge in [-0.15, -0.1) is 0 Å². The van der Waals surface area contributed by atoms with Crippen LogP contribution in [0.2, 0.25) is 0 Å². The number of halogens is 1. The van der Waals surface area contributed by atoms with Gasteiger partial charge in [0.1, 0.15) is 6.61 Å². The minimum Gasteiger partial charge on any atom is -0.372 e. The number of nitrogens with one attached hydrogen (secondary N) is 1. The Morgan fingerprint density at radius 2 is 2.38 bits per heavy atom. The van der Waals surface area contributed by atoms with Crippen molar-refractivity contribution in [3.63, 3.8) is 0 Å². The van der Waals surface area contributed by atoms with E-state index in [1.165, 1.54) is 0 Å². The molecule has 0 atom stereocenters. The van der Waals surface area contributed by atoms with Crippen LogP contribution in [0.4, 0.5) is 5.13 Å². The second-order valence-electron chi connectivity index (χ2n) is 2.61. The SMILES string of the molecule is CCOCC(=O)Nc1ncc(S(=O)(=O)Cl)s1. The monoisotopic (exact) mass is 284 g/mol. The molecule has 0 saturated carbocycles. The van der Waals surface area contributed by atoms with Crippen molar-refractivity contribution in [2.45, 2.75) is 11.1 Å². The molecule has 1 N–H and O–H groups in total. The summed E-state index contributed by atoms with van der Waals surface area (Å²) in [7, 11) is 1.31. The van der Waals surface area contributed by atoms with E-state index >= 15 is 0 Å². The molecule has 1 aromatic rings. The molecule has 90 valence electrons. The van der Waals surface area contributed by atoms with Gasteiger partial charge in [-0.05, 0) is 6.92 Å². The van der Waals surface area contributed by atoms with Crippen LogP contribution in [0.25, 0.3) is 0 Å². The predicted molar refractivity (Wildman–Crippen MR) is 60.3 cm³/mol. The van der Waals surface area contributed by atoms with E-state index in [0.29, 0.717) is 6.61 Å². The lowest BCUT2D eigenvalue weighted by atomic mass is 10.6. The summed E-state index contributed by atoms with van der Waals surface area (Å²) in [6.07, 6.45) is 1.09. The molecule has 0 aliphatic heterocycles. The molecule has 0 aliphatic rings. The van der Waals surface area contributed by atoms with Crippen molar-refractivity contribution < 1.29 is 17.9 Å². The highest BCUT2D eigenvalue weighted by Gasteiger charge is 2.15. The largest absolute Gasteiger partial charge is 0.372 e. The highest BCUT2D eigenvalue weighted by molar-refractivity contribution is 8.15. The van der Waals surface area contributed by atoms with Gasteiger partial charge in [-0.3, -0.25) is 10.1 Å². The lowest BCUT2D eigenvalue weighted by molar-refractivity contribution is -0.120. The van der Waals surface area contributed by atoms with Crippen LogP contribution in [0, 0.1) is 0 Å². The van der Waals surface area contributed by atoms with E-state index in [-0.39, 0.29) is 15.9 Å². The standard InChI is InChI=1S/C7H9ClN2O4S2/c1-2-14-4-5(11)10-7-9-3-6(15-7)16(8,12)13/h3H,2,4H2,1H3,(H,9,10,11). The van der Waals surface area contributed by atoms with Crippen molar-refractivity contribution in [3.05, 3.63) is 6.20 Å². The second kappa shape index (κ2) is 5.58. The quantitative estimate of drug-likeness (QED) is 0.817. The Balaban J connectivity index is 2.63. The second-order valence-corrected chi connectivity index (χ2v) is 6.43. The smallest absolute Gasteiger partial charge is 0.272 e. The van der Waals surface area contributed by atoms with Crippen molar-refractivity contribution in [1.82, 2.24) is 4.98 Å². The number of aromatic nitrogens is 1. The number of amides is 1. The summed E-state index contributed by atoms with van der Waals surface area (Å²) < 4.78 is 26.6. The molecule has 1 rings (SSSR count). The fourth-order valence-corrected chi connectivity index (χ4v) is 2.56. The van der Waals surface area contributed by atoms with E-state index < -0.39 is 15.0 Å². The molecule has 1 aromatic heterocycles. The number of anilines is 1. The Kier molecular flexibility index (Phi) is 4.66. The zero-order chi connectivity index (χ0) is 12.2. The summed E-state index contributed by atoms with van der Waals surface area (Å²) in [5.41, 5.74) is 0. The molecule has 9 heteroatoms. The number of thiazole rings is 1. The van der Waals surface area contributed by atoms with Gasteiger partial charge < -0.3 is 4.74 Å². The van der Waals surface area contributed by atoms with Crippen LogP contribution < -0.4 is 5.32 Å². The van der Waals surface area contributed by atoms with Crippen molar-refractivity contribution in [1.29, 1.82) is 0 Å². The van der Waals surface area contributed by atoms with E-state index in [0.717, 1.165) is 17.5 Å². The molecule has 6 nitrogen and oxygen atoms in total. The minimum absolute atomic E-state index is 0.0982. The maximum absolute atomic E-state index is 11.2. The van der Waals surface area contributed by atoms with Gasteiger partial charge in [0.25, 0.3) is 15.0 Å². The fourth-order valence-electron chi connectivity index (χ4n) is 0.780. The number of ether oxygens (including phenoxy) is 1. The third-order valence-corrected chi connectivity index (χ3v) is 4.38. The third-order valence-electron chi connectivity index (χ3n) is 1.41. The minimum atomic E-state index is -3.79. The van der Waals surface area contributed by atoms with Crippen LogP contribution in [0.15, 0.2) is 10.4 Å². The molecule has 0 spiro atoms. The summed E-state index contributed by atoms with van der Waals surface area (Å²) >= 11 is 0.783. The van der Waals surface area contributed by atoms with Crippen molar-refractivity contribution in [2.75, 3.05) is 18.5 Å². The summed E-state index contributed by atoms with van der Waals surface area (Å²) in [6, 6.07) is 0. The van der Waals surface area contributed by atoms with Crippen LogP contribution in [-0.2, 0) is 18.6 Å². The zero-order valence-electron chi connectivity index (χ0n) is 8.27. The molecular formula is C7H9ClN2O4S2. The maximum atomic E-state index is 11.2. The predicted octanol–water partition coefficient (Wildman–Crippen LogP) is 1.05. The number of hydrogen-bond acceptors (Lipinski definition) is 6. The van der Waals surface area contributed by atoms with Gasteiger partial charge in [0.05, 0.1) is 6.20 Å². The average molecular weight is 285 g/mol. The van der Waals surface area contributed by atoms with Gasteiger partial charge in [-0.25, -0.2) is 13.4 Å².